The predicted octanol–water partition coefficient (Wildman–Crippen LogP) is 3.03. The Labute approximate surface area is 125 Å². The van der Waals surface area contributed by atoms with Crippen LogP contribution in [-0.2, 0) is 0 Å². The number of pyridine rings is 1. The van der Waals surface area contributed by atoms with Crippen molar-refractivity contribution in [3.63, 3.8) is 0 Å². The van der Waals surface area contributed by atoms with Crippen molar-refractivity contribution in [3.8, 4) is 0 Å². The summed E-state index contributed by atoms with van der Waals surface area (Å²) >= 11 is 3.36. The third-order valence-corrected chi connectivity index (χ3v) is 5.03. The monoisotopic (exact) mass is 343 g/mol. The molecule has 0 bridgehead atoms. The van der Waals surface area contributed by atoms with Crippen molar-refractivity contribution >= 4 is 27.4 Å². The molecule has 0 spiro atoms. The first-order valence-electron chi connectivity index (χ1n) is 6.63. The van der Waals surface area contributed by atoms with Gasteiger partial charge in [0.2, 0.25) is 0 Å². The highest BCUT2D eigenvalue weighted by molar-refractivity contribution is 9.10. The van der Waals surface area contributed by atoms with Gasteiger partial charge in [0.1, 0.15) is 12.0 Å². The van der Waals surface area contributed by atoms with Gasteiger partial charge < -0.3 is 10.4 Å². The quantitative estimate of drug-likeness (QED) is 0.633. The fourth-order valence-corrected chi connectivity index (χ4v) is 3.11. The molecule has 0 unspecified atom stereocenters. The largest absolute Gasteiger partial charge is 0.396 e. The number of anilines is 1. The second-order valence-electron chi connectivity index (χ2n) is 5.41. The maximum absolute atomic E-state index is 10.8. The van der Waals surface area contributed by atoms with Crippen LogP contribution in [0.25, 0.3) is 0 Å². The van der Waals surface area contributed by atoms with Gasteiger partial charge in [0.25, 0.3) is 5.69 Å². The van der Waals surface area contributed by atoms with E-state index in [-0.39, 0.29) is 17.7 Å². The van der Waals surface area contributed by atoms with Crippen molar-refractivity contribution in [2.24, 2.45) is 5.41 Å². The SMILES string of the molecule is Cc1c([N+](=O)[O-])cnc(NCC2(CO)CCCC2)c1Br. The molecule has 0 amide bonds. The average Bonchev–Trinajstić information content (AvgIpc) is 2.89. The Bertz CT molecular complexity index is 516. The Balaban J connectivity index is 2.14. The van der Waals surface area contributed by atoms with E-state index < -0.39 is 4.92 Å². The highest BCUT2D eigenvalue weighted by Crippen LogP contribution is 2.38. The van der Waals surface area contributed by atoms with E-state index in [1.165, 1.54) is 6.20 Å². The minimum atomic E-state index is -0.441. The molecule has 0 aromatic carbocycles. The minimum absolute atomic E-state index is 0.000151. The normalized spacial score (nSPS) is 17.1. The topological polar surface area (TPSA) is 88.3 Å². The van der Waals surface area contributed by atoms with E-state index in [0.717, 1.165) is 25.7 Å². The number of halogens is 1. The zero-order valence-corrected chi connectivity index (χ0v) is 12.9. The molecule has 1 saturated carbocycles. The first kappa shape index (κ1) is 15.2. The summed E-state index contributed by atoms with van der Waals surface area (Å²) in [7, 11) is 0. The Morgan fingerprint density at radius 2 is 2.20 bits per heavy atom. The molecule has 7 heteroatoms. The van der Waals surface area contributed by atoms with Crippen molar-refractivity contribution in [1.82, 2.24) is 4.98 Å². The molecule has 2 N–H and O–H groups in total. The van der Waals surface area contributed by atoms with Crippen molar-refractivity contribution in [3.05, 3.63) is 26.3 Å². The van der Waals surface area contributed by atoms with E-state index in [2.05, 4.69) is 26.2 Å². The Hall–Kier alpha value is -1.21. The standard InChI is InChI=1S/C13H18BrN3O3/c1-9-10(17(19)20)6-15-12(11(9)14)16-7-13(8-18)4-2-3-5-13/h6,18H,2-5,7-8H2,1H3,(H,15,16). The van der Waals surface area contributed by atoms with E-state index in [0.29, 0.717) is 22.4 Å². The smallest absolute Gasteiger partial charge is 0.291 e. The van der Waals surface area contributed by atoms with Crippen LogP contribution < -0.4 is 5.32 Å². The van der Waals surface area contributed by atoms with Gasteiger partial charge >= 0.3 is 0 Å². The number of hydrogen-bond acceptors (Lipinski definition) is 5. The average molecular weight is 344 g/mol. The van der Waals surface area contributed by atoms with E-state index in [1.54, 1.807) is 6.92 Å². The molecule has 6 nitrogen and oxygen atoms in total. The number of hydrogen-bond donors (Lipinski definition) is 2. The molecule has 0 radical (unpaired) electrons. The maximum atomic E-state index is 10.8. The summed E-state index contributed by atoms with van der Waals surface area (Å²) in [6.07, 6.45) is 5.54. The van der Waals surface area contributed by atoms with E-state index in [9.17, 15) is 15.2 Å². The van der Waals surface area contributed by atoms with Gasteiger partial charge in [-0.05, 0) is 35.7 Å². The Morgan fingerprint density at radius 1 is 1.55 bits per heavy atom. The highest BCUT2D eigenvalue weighted by atomic mass is 79.9. The number of rotatable bonds is 5. The summed E-state index contributed by atoms with van der Waals surface area (Å²) in [6, 6.07) is 0. The molecule has 1 aliphatic carbocycles. The first-order valence-corrected chi connectivity index (χ1v) is 7.43. The van der Waals surface area contributed by atoms with Crippen molar-refractivity contribution in [1.29, 1.82) is 0 Å². The van der Waals surface area contributed by atoms with Crippen molar-refractivity contribution in [2.75, 3.05) is 18.5 Å². The number of aromatic nitrogens is 1. The number of aliphatic hydroxyl groups is 1. The van der Waals surface area contributed by atoms with Crippen LogP contribution in [0.4, 0.5) is 11.5 Å². The second kappa shape index (κ2) is 6.05. The van der Waals surface area contributed by atoms with Crippen LogP contribution in [0.5, 0.6) is 0 Å². The summed E-state index contributed by atoms with van der Waals surface area (Å²) in [5, 5.41) is 23.6. The van der Waals surface area contributed by atoms with Gasteiger partial charge in [-0.25, -0.2) is 4.98 Å². The number of nitrogens with one attached hydrogen (secondary N) is 1. The van der Waals surface area contributed by atoms with Crippen LogP contribution in [0.15, 0.2) is 10.7 Å². The molecular formula is C13H18BrN3O3. The molecule has 0 aliphatic heterocycles. The number of nitro groups is 1. The fourth-order valence-electron chi connectivity index (χ4n) is 2.66. The fraction of sp³-hybridized carbons (Fsp3) is 0.615. The van der Waals surface area contributed by atoms with Crippen LogP contribution in [0.3, 0.4) is 0 Å². The predicted molar refractivity (Wildman–Crippen MR) is 79.8 cm³/mol. The van der Waals surface area contributed by atoms with E-state index in [1.807, 2.05) is 0 Å². The van der Waals surface area contributed by atoms with Crippen LogP contribution >= 0.6 is 15.9 Å². The van der Waals surface area contributed by atoms with Crippen LogP contribution in [0.1, 0.15) is 31.2 Å². The Morgan fingerprint density at radius 3 is 2.75 bits per heavy atom. The molecule has 0 saturated heterocycles. The highest BCUT2D eigenvalue weighted by Gasteiger charge is 2.33. The van der Waals surface area contributed by atoms with Crippen LogP contribution in [0, 0.1) is 22.5 Å². The molecule has 1 aliphatic rings. The van der Waals surface area contributed by atoms with Gasteiger partial charge in [-0.1, -0.05) is 12.8 Å². The minimum Gasteiger partial charge on any atom is -0.396 e. The van der Waals surface area contributed by atoms with Gasteiger partial charge in [0.05, 0.1) is 16.0 Å². The molecule has 20 heavy (non-hydrogen) atoms. The lowest BCUT2D eigenvalue weighted by atomic mass is 9.87. The summed E-state index contributed by atoms with van der Waals surface area (Å²) in [6.45, 7) is 2.47. The molecular weight excluding hydrogens is 326 g/mol. The molecule has 110 valence electrons. The third kappa shape index (κ3) is 2.93. The summed E-state index contributed by atoms with van der Waals surface area (Å²) in [4.78, 5) is 14.5. The van der Waals surface area contributed by atoms with Crippen LogP contribution in [-0.4, -0.2) is 28.2 Å². The zero-order valence-electron chi connectivity index (χ0n) is 11.4. The van der Waals surface area contributed by atoms with Gasteiger partial charge in [0.15, 0.2) is 0 Å². The zero-order chi connectivity index (χ0) is 14.8. The lowest BCUT2D eigenvalue weighted by molar-refractivity contribution is -0.385. The molecule has 0 atom stereocenters. The van der Waals surface area contributed by atoms with Gasteiger partial charge in [0, 0.05) is 17.5 Å². The first-order chi connectivity index (χ1) is 9.49. The molecule has 2 rings (SSSR count). The summed E-state index contributed by atoms with van der Waals surface area (Å²) in [5.74, 6) is 0.591. The van der Waals surface area contributed by atoms with Gasteiger partial charge in [-0.15, -0.1) is 0 Å². The lowest BCUT2D eigenvalue weighted by Crippen LogP contribution is -2.30. The number of aliphatic hydroxyl groups excluding tert-OH is 1. The number of nitrogens with zero attached hydrogens (tertiary/aromatic N) is 2. The van der Waals surface area contributed by atoms with Gasteiger partial charge in [-0.2, -0.15) is 0 Å². The Kier molecular flexibility index (Phi) is 4.59. The van der Waals surface area contributed by atoms with Crippen LogP contribution in [0.2, 0.25) is 0 Å². The lowest BCUT2D eigenvalue weighted by Gasteiger charge is -2.27. The molecule has 1 heterocycles. The molecule has 1 fully saturated rings. The maximum Gasteiger partial charge on any atom is 0.291 e. The third-order valence-electron chi connectivity index (χ3n) is 4.06. The molecule has 1 aromatic heterocycles. The van der Waals surface area contributed by atoms with E-state index >= 15 is 0 Å². The molecule has 1 aromatic rings. The van der Waals surface area contributed by atoms with Crippen molar-refractivity contribution in [2.45, 2.75) is 32.6 Å². The second-order valence-corrected chi connectivity index (χ2v) is 6.20. The van der Waals surface area contributed by atoms with Crippen molar-refractivity contribution < 1.29 is 10.0 Å². The summed E-state index contributed by atoms with van der Waals surface area (Å²) in [5.41, 5.74) is 0.466. The summed E-state index contributed by atoms with van der Waals surface area (Å²) < 4.78 is 0.609. The van der Waals surface area contributed by atoms with E-state index in [4.69, 9.17) is 0 Å². The van der Waals surface area contributed by atoms with Gasteiger partial charge in [-0.3, -0.25) is 10.1 Å².